The molecule has 7 heteroatoms. The van der Waals surface area contributed by atoms with Gasteiger partial charge in [-0.1, -0.05) is 51.1 Å². The highest BCUT2D eigenvalue weighted by Crippen LogP contribution is 2.24. The van der Waals surface area contributed by atoms with Gasteiger partial charge in [0.15, 0.2) is 0 Å². The van der Waals surface area contributed by atoms with Crippen LogP contribution in [0.15, 0.2) is 53.4 Å². The van der Waals surface area contributed by atoms with E-state index < -0.39 is 10.0 Å². The van der Waals surface area contributed by atoms with Crippen molar-refractivity contribution in [1.82, 2.24) is 9.62 Å². The number of sulfonamides is 1. The summed E-state index contributed by atoms with van der Waals surface area (Å²) in [5, 5.41) is 2.80. The summed E-state index contributed by atoms with van der Waals surface area (Å²) in [6.45, 7) is 7.09. The maximum absolute atomic E-state index is 12.4. The van der Waals surface area contributed by atoms with E-state index >= 15 is 0 Å². The lowest BCUT2D eigenvalue weighted by atomic mass is 9.87. The summed E-state index contributed by atoms with van der Waals surface area (Å²) in [4.78, 5) is 12.4. The molecule has 0 aliphatic rings. The van der Waals surface area contributed by atoms with Crippen molar-refractivity contribution >= 4 is 15.9 Å². The summed E-state index contributed by atoms with van der Waals surface area (Å²) in [6.07, 6.45) is 0.882. The van der Waals surface area contributed by atoms with E-state index in [0.717, 1.165) is 5.75 Å². The molecule has 0 saturated heterocycles. The summed E-state index contributed by atoms with van der Waals surface area (Å²) < 4.78 is 31.7. The number of hydrogen-bond acceptors (Lipinski definition) is 4. The van der Waals surface area contributed by atoms with Gasteiger partial charge in [-0.05, 0) is 41.2 Å². The first-order valence-corrected chi connectivity index (χ1v) is 11.5. The lowest BCUT2D eigenvalue weighted by Crippen LogP contribution is -2.27. The van der Waals surface area contributed by atoms with Gasteiger partial charge in [0, 0.05) is 27.1 Å². The summed E-state index contributed by atoms with van der Waals surface area (Å²) in [6, 6.07) is 14.7. The molecule has 1 amide bonds. The summed E-state index contributed by atoms with van der Waals surface area (Å²) in [5.74, 6) is 0.643. The molecule has 0 aliphatic carbocycles. The van der Waals surface area contributed by atoms with Crippen LogP contribution >= 0.6 is 0 Å². The van der Waals surface area contributed by atoms with E-state index in [9.17, 15) is 13.2 Å². The van der Waals surface area contributed by atoms with E-state index in [1.165, 1.54) is 24.0 Å². The fourth-order valence-electron chi connectivity index (χ4n) is 2.85. The van der Waals surface area contributed by atoms with Crippen LogP contribution in [0.1, 0.15) is 44.7 Å². The molecule has 2 aromatic rings. The number of ether oxygens (including phenoxy) is 1. The molecule has 0 aliphatic heterocycles. The second-order valence-corrected chi connectivity index (χ2v) is 10.5. The molecule has 0 atom stereocenters. The number of amides is 1. The molecule has 0 aromatic heterocycles. The van der Waals surface area contributed by atoms with Crippen LogP contribution in [0.2, 0.25) is 0 Å². The Morgan fingerprint density at radius 1 is 1.03 bits per heavy atom. The third-order valence-corrected chi connectivity index (χ3v) is 6.66. The minimum absolute atomic E-state index is 0.0983. The third-order valence-electron chi connectivity index (χ3n) is 4.74. The first-order chi connectivity index (χ1) is 14.0. The predicted octanol–water partition coefficient (Wildman–Crippen LogP) is 3.71. The zero-order chi connectivity index (χ0) is 22.4. The summed E-state index contributed by atoms with van der Waals surface area (Å²) >= 11 is 0. The second-order valence-electron chi connectivity index (χ2n) is 8.40. The molecule has 0 radical (unpaired) electrons. The van der Waals surface area contributed by atoms with Crippen molar-refractivity contribution in [2.45, 2.75) is 50.5 Å². The Kier molecular flexibility index (Phi) is 8.03. The minimum Gasteiger partial charge on any atom is -0.494 e. The van der Waals surface area contributed by atoms with Gasteiger partial charge in [-0.2, -0.15) is 0 Å². The predicted molar refractivity (Wildman–Crippen MR) is 119 cm³/mol. The van der Waals surface area contributed by atoms with Crippen molar-refractivity contribution in [2.75, 3.05) is 20.7 Å². The maximum atomic E-state index is 12.4. The van der Waals surface area contributed by atoms with E-state index in [1.807, 2.05) is 12.1 Å². The Morgan fingerprint density at radius 2 is 1.67 bits per heavy atom. The zero-order valence-corrected chi connectivity index (χ0v) is 19.3. The topological polar surface area (TPSA) is 75.7 Å². The van der Waals surface area contributed by atoms with Crippen LogP contribution < -0.4 is 10.1 Å². The Morgan fingerprint density at radius 3 is 2.27 bits per heavy atom. The molecular formula is C23H32N2O4S. The molecule has 0 bridgehead atoms. The van der Waals surface area contributed by atoms with Crippen LogP contribution in [0.4, 0.5) is 0 Å². The van der Waals surface area contributed by atoms with Gasteiger partial charge >= 0.3 is 0 Å². The van der Waals surface area contributed by atoms with Gasteiger partial charge in [-0.3, -0.25) is 4.79 Å². The highest BCUT2D eigenvalue weighted by atomic mass is 32.2. The number of nitrogens with zero attached hydrogens (tertiary/aromatic N) is 1. The highest BCUT2D eigenvalue weighted by molar-refractivity contribution is 7.89. The van der Waals surface area contributed by atoms with Gasteiger partial charge in [0.05, 0.1) is 11.5 Å². The Bertz CT molecular complexity index is 946. The Balaban J connectivity index is 1.80. The van der Waals surface area contributed by atoms with E-state index in [1.54, 1.807) is 24.3 Å². The highest BCUT2D eigenvalue weighted by Gasteiger charge is 2.20. The van der Waals surface area contributed by atoms with Crippen molar-refractivity contribution in [1.29, 1.82) is 0 Å². The van der Waals surface area contributed by atoms with Crippen LogP contribution in [0.3, 0.4) is 0 Å². The van der Waals surface area contributed by atoms with Crippen LogP contribution in [-0.4, -0.2) is 39.3 Å². The number of rotatable bonds is 9. The van der Waals surface area contributed by atoms with Crippen molar-refractivity contribution in [3.63, 3.8) is 0 Å². The molecule has 164 valence electrons. The average Bonchev–Trinajstić information content (AvgIpc) is 2.69. The molecular weight excluding hydrogens is 400 g/mol. The molecule has 6 nitrogen and oxygen atoms in total. The standard InChI is InChI=1S/C23H32N2O4S/c1-23(2,3)19-12-14-20(15-13-19)29-16-8-11-22(26)24-17-18-9-6-7-10-21(18)30(27,28)25(4)5/h6-7,9-10,12-15H,8,11,16-17H2,1-5H3,(H,24,26). The van der Waals surface area contributed by atoms with Crippen molar-refractivity contribution < 1.29 is 17.9 Å². The molecule has 2 rings (SSSR count). The average molecular weight is 433 g/mol. The lowest BCUT2D eigenvalue weighted by molar-refractivity contribution is -0.121. The molecule has 2 aromatic carbocycles. The van der Waals surface area contributed by atoms with Crippen molar-refractivity contribution in [3.05, 3.63) is 59.7 Å². The van der Waals surface area contributed by atoms with Crippen LogP contribution in [-0.2, 0) is 26.8 Å². The molecule has 0 spiro atoms. The fraction of sp³-hybridized carbons (Fsp3) is 0.435. The number of carbonyl (C=O) groups is 1. The fourth-order valence-corrected chi connectivity index (χ4v) is 3.97. The van der Waals surface area contributed by atoms with Gasteiger partial charge < -0.3 is 10.1 Å². The molecule has 0 heterocycles. The van der Waals surface area contributed by atoms with Gasteiger partial charge in [0.1, 0.15) is 5.75 Å². The summed E-state index contributed by atoms with van der Waals surface area (Å²) in [5.41, 5.74) is 1.90. The zero-order valence-electron chi connectivity index (χ0n) is 18.4. The van der Waals surface area contributed by atoms with Gasteiger partial charge in [0.25, 0.3) is 0 Å². The van der Waals surface area contributed by atoms with E-state index in [-0.39, 0.29) is 22.8 Å². The number of hydrogen-bond donors (Lipinski definition) is 1. The van der Waals surface area contributed by atoms with Crippen molar-refractivity contribution in [2.24, 2.45) is 0 Å². The largest absolute Gasteiger partial charge is 0.494 e. The Labute approximate surface area is 180 Å². The monoisotopic (exact) mass is 432 g/mol. The quantitative estimate of drug-likeness (QED) is 0.613. The van der Waals surface area contributed by atoms with E-state index in [4.69, 9.17) is 4.74 Å². The molecule has 0 saturated carbocycles. The lowest BCUT2D eigenvalue weighted by Gasteiger charge is -2.19. The van der Waals surface area contributed by atoms with Gasteiger partial charge in [-0.15, -0.1) is 0 Å². The first kappa shape index (κ1) is 23.9. The number of nitrogens with one attached hydrogen (secondary N) is 1. The third kappa shape index (κ3) is 6.57. The molecule has 30 heavy (non-hydrogen) atoms. The maximum Gasteiger partial charge on any atom is 0.242 e. The Hall–Kier alpha value is -2.38. The smallest absolute Gasteiger partial charge is 0.242 e. The van der Waals surface area contributed by atoms with Gasteiger partial charge in [-0.25, -0.2) is 12.7 Å². The van der Waals surface area contributed by atoms with Crippen LogP contribution in [0.5, 0.6) is 5.75 Å². The van der Waals surface area contributed by atoms with E-state index in [0.29, 0.717) is 25.0 Å². The molecule has 0 fully saturated rings. The molecule has 1 N–H and O–H groups in total. The molecule has 0 unspecified atom stereocenters. The second kappa shape index (κ2) is 10.1. The van der Waals surface area contributed by atoms with Crippen molar-refractivity contribution in [3.8, 4) is 5.75 Å². The van der Waals surface area contributed by atoms with Crippen LogP contribution in [0.25, 0.3) is 0 Å². The van der Waals surface area contributed by atoms with Crippen LogP contribution in [0, 0.1) is 0 Å². The SMILES string of the molecule is CN(C)S(=O)(=O)c1ccccc1CNC(=O)CCCOc1ccc(C(C)(C)C)cc1. The first-order valence-electron chi connectivity index (χ1n) is 10.0. The summed E-state index contributed by atoms with van der Waals surface area (Å²) in [7, 11) is -0.583. The number of benzene rings is 2. The van der Waals surface area contributed by atoms with E-state index in [2.05, 4.69) is 38.2 Å². The number of carbonyl (C=O) groups excluding carboxylic acids is 1. The normalized spacial score (nSPS) is 12.1. The van der Waals surface area contributed by atoms with Gasteiger partial charge in [0.2, 0.25) is 15.9 Å². The minimum atomic E-state index is -3.56.